The van der Waals surface area contributed by atoms with Crippen LogP contribution in [0.1, 0.15) is 25.0 Å². The summed E-state index contributed by atoms with van der Waals surface area (Å²) < 4.78 is 0. The van der Waals surface area contributed by atoms with Gasteiger partial charge in [-0.2, -0.15) is 0 Å². The first-order valence-corrected chi connectivity index (χ1v) is 21.3. The van der Waals surface area contributed by atoms with Crippen molar-refractivity contribution >= 4 is 66.6 Å². The second kappa shape index (κ2) is 13.6. The van der Waals surface area contributed by atoms with Gasteiger partial charge in [0, 0.05) is 25.0 Å². The summed E-state index contributed by atoms with van der Waals surface area (Å²) in [6.45, 7) is 4.83. The summed E-state index contributed by atoms with van der Waals surface area (Å²) in [5, 5.41) is 10.3. The maximum absolute atomic E-state index is 2.49. The molecule has 0 radical (unpaired) electrons. The Hall–Kier alpha value is -6.06. The Morgan fingerprint density at radius 1 is 0.316 bits per heavy atom. The van der Waals surface area contributed by atoms with Gasteiger partial charge in [0.25, 0.3) is 0 Å². The third kappa shape index (κ3) is 5.54. The summed E-state index contributed by atoms with van der Waals surface area (Å²) in [6.07, 6.45) is 0. The number of rotatable bonds is 6. The van der Waals surface area contributed by atoms with Crippen molar-refractivity contribution in [3.8, 4) is 33.4 Å². The van der Waals surface area contributed by atoms with Crippen LogP contribution in [0.4, 0.5) is 0 Å². The smallest absolute Gasteiger partial charge is 0.0279 e. The normalized spacial score (nSPS) is 13.0. The third-order valence-corrected chi connectivity index (χ3v) is 14.2. The molecule has 11 rings (SSSR count). The highest BCUT2D eigenvalue weighted by Gasteiger charge is 2.36. The molecule has 0 nitrogen and oxygen atoms in total. The van der Waals surface area contributed by atoms with E-state index in [4.69, 9.17) is 0 Å². The fraction of sp³-hybridized carbons (Fsp3) is 0.0545. The summed E-state index contributed by atoms with van der Waals surface area (Å²) in [6, 6.07) is 71.9. The molecule has 270 valence electrons. The summed E-state index contributed by atoms with van der Waals surface area (Å²) in [5.41, 5.74) is 10.4. The monoisotopic (exact) mass is 762 g/mol. The molecule has 10 aromatic rings. The van der Waals surface area contributed by atoms with Gasteiger partial charge in [-0.05, 0) is 124 Å². The zero-order valence-corrected chi connectivity index (χ0v) is 33.4. The Bertz CT molecular complexity index is 2870. The molecule has 0 atom stereocenters. The molecule has 57 heavy (non-hydrogen) atoms. The lowest BCUT2D eigenvalue weighted by atomic mass is 9.80. The predicted molar refractivity (Wildman–Crippen MR) is 246 cm³/mol. The van der Waals surface area contributed by atoms with Gasteiger partial charge in [-0.1, -0.05) is 195 Å². The lowest BCUT2D eigenvalue weighted by molar-refractivity contribution is 0.661. The van der Waals surface area contributed by atoms with Crippen molar-refractivity contribution in [2.24, 2.45) is 0 Å². The van der Waals surface area contributed by atoms with Crippen LogP contribution in [0.2, 0.25) is 0 Å². The third-order valence-electron chi connectivity index (χ3n) is 11.9. The van der Waals surface area contributed by atoms with E-state index in [0.29, 0.717) is 0 Å². The van der Waals surface area contributed by atoms with Gasteiger partial charge in [0.15, 0.2) is 0 Å². The molecule has 2 heteroatoms. The van der Waals surface area contributed by atoms with Crippen molar-refractivity contribution in [2.75, 3.05) is 0 Å². The van der Waals surface area contributed by atoms with Crippen molar-refractivity contribution in [3.63, 3.8) is 0 Å². The minimum Gasteiger partial charge on any atom is -0.0888 e. The highest BCUT2D eigenvalue weighted by molar-refractivity contribution is 8.00. The van der Waals surface area contributed by atoms with E-state index in [2.05, 4.69) is 208 Å². The van der Waals surface area contributed by atoms with E-state index in [1.54, 1.807) is 0 Å². The molecule has 0 saturated carbocycles. The number of hydrogen-bond acceptors (Lipinski definition) is 2. The second-order valence-corrected chi connectivity index (χ2v) is 17.7. The first-order chi connectivity index (χ1) is 28.0. The highest BCUT2D eigenvalue weighted by atomic mass is 32.2. The van der Waals surface area contributed by atoms with E-state index >= 15 is 0 Å². The molecular formula is C55H38S2. The van der Waals surface area contributed by atoms with Gasteiger partial charge in [0.05, 0.1) is 0 Å². The van der Waals surface area contributed by atoms with E-state index < -0.39 is 0 Å². The minimum absolute atomic E-state index is 0.194. The summed E-state index contributed by atoms with van der Waals surface area (Å²) in [5.74, 6) is 0. The molecule has 0 saturated heterocycles. The molecule has 0 unspecified atom stereocenters. The lowest BCUT2D eigenvalue weighted by Crippen LogP contribution is -2.15. The minimum atomic E-state index is -0.194. The van der Waals surface area contributed by atoms with Crippen molar-refractivity contribution < 1.29 is 0 Å². The Morgan fingerprint density at radius 3 is 0.947 bits per heavy atom. The van der Waals surface area contributed by atoms with Crippen LogP contribution in [-0.4, -0.2) is 0 Å². The maximum Gasteiger partial charge on any atom is 0.0279 e. The fourth-order valence-corrected chi connectivity index (χ4v) is 11.5. The average Bonchev–Trinajstić information content (AvgIpc) is 3.49. The maximum atomic E-state index is 2.49. The highest BCUT2D eigenvalue weighted by Crippen LogP contribution is 2.53. The standard InChI is InChI=1S/C55H38S2/c1-55(2)49-33-35(51-41-21-9-13-25-45(41)53(46-26-14-10-22-42(46)51)56-37-17-5-3-6-18-37)29-31-39(49)40-32-30-36(34-50(40)55)52-43-23-11-15-27-47(43)54(48-28-16-12-24-44(48)52)57-38-19-7-4-8-20-38/h3-34H,1-2H3. The summed E-state index contributed by atoms with van der Waals surface area (Å²) in [4.78, 5) is 5.12. The van der Waals surface area contributed by atoms with Crippen LogP contribution in [0.5, 0.6) is 0 Å². The second-order valence-electron chi connectivity index (χ2n) is 15.6. The van der Waals surface area contributed by atoms with Gasteiger partial charge in [-0.15, -0.1) is 0 Å². The number of fused-ring (bicyclic) bond motifs is 7. The van der Waals surface area contributed by atoms with E-state index in [1.807, 2.05) is 23.5 Å². The van der Waals surface area contributed by atoms with Crippen LogP contribution < -0.4 is 0 Å². The van der Waals surface area contributed by atoms with Crippen LogP contribution in [0.3, 0.4) is 0 Å². The van der Waals surface area contributed by atoms with E-state index in [9.17, 15) is 0 Å². The van der Waals surface area contributed by atoms with E-state index in [1.165, 1.54) is 107 Å². The molecule has 0 fully saturated rings. The van der Waals surface area contributed by atoms with Gasteiger partial charge in [0.2, 0.25) is 0 Å². The molecule has 0 spiro atoms. The Morgan fingerprint density at radius 2 is 0.614 bits per heavy atom. The first-order valence-electron chi connectivity index (χ1n) is 19.7. The van der Waals surface area contributed by atoms with E-state index in [0.717, 1.165) is 0 Å². The topological polar surface area (TPSA) is 0 Å². The van der Waals surface area contributed by atoms with Crippen LogP contribution >= 0.6 is 23.5 Å². The van der Waals surface area contributed by atoms with Crippen molar-refractivity contribution in [1.29, 1.82) is 0 Å². The molecule has 1 aliphatic rings. The fourth-order valence-electron chi connectivity index (χ4n) is 9.28. The molecule has 0 amide bonds. The first kappa shape index (κ1) is 34.2. The average molecular weight is 763 g/mol. The van der Waals surface area contributed by atoms with Crippen molar-refractivity contribution in [2.45, 2.75) is 38.8 Å². The van der Waals surface area contributed by atoms with Crippen LogP contribution in [0, 0.1) is 0 Å². The van der Waals surface area contributed by atoms with Crippen molar-refractivity contribution in [3.05, 3.63) is 205 Å². The largest absolute Gasteiger partial charge is 0.0888 e. The van der Waals surface area contributed by atoms with Gasteiger partial charge in [-0.25, -0.2) is 0 Å². The molecule has 1 aliphatic carbocycles. The molecule has 0 aliphatic heterocycles. The SMILES string of the molecule is CC1(C)c2cc(-c3c4ccccc4c(Sc4ccccc4)c4ccccc34)ccc2-c2ccc(-c3c4ccccc4c(Sc4ccccc4)c4ccccc34)cc21. The molecule has 0 bridgehead atoms. The van der Waals surface area contributed by atoms with Crippen LogP contribution in [0.15, 0.2) is 214 Å². The Kier molecular flexibility index (Phi) is 8.13. The van der Waals surface area contributed by atoms with Crippen LogP contribution in [0.25, 0.3) is 76.5 Å². The van der Waals surface area contributed by atoms with Gasteiger partial charge < -0.3 is 0 Å². The Balaban J connectivity index is 1.06. The quantitative estimate of drug-likeness (QED) is 0.155. The van der Waals surface area contributed by atoms with Gasteiger partial charge >= 0.3 is 0 Å². The zero-order chi connectivity index (χ0) is 38.1. The predicted octanol–water partition coefficient (Wildman–Crippen LogP) is 16.2. The summed E-state index contributed by atoms with van der Waals surface area (Å²) in [7, 11) is 0. The van der Waals surface area contributed by atoms with Crippen molar-refractivity contribution in [1.82, 2.24) is 0 Å². The number of hydrogen-bond donors (Lipinski definition) is 0. The van der Waals surface area contributed by atoms with Crippen LogP contribution in [-0.2, 0) is 5.41 Å². The number of benzene rings is 10. The van der Waals surface area contributed by atoms with E-state index in [-0.39, 0.29) is 5.41 Å². The molecular weight excluding hydrogens is 725 g/mol. The lowest BCUT2D eigenvalue weighted by Gasteiger charge is -2.24. The molecule has 10 aromatic carbocycles. The molecule has 0 heterocycles. The van der Waals surface area contributed by atoms with Gasteiger partial charge in [0.1, 0.15) is 0 Å². The zero-order valence-electron chi connectivity index (χ0n) is 31.8. The summed E-state index contributed by atoms with van der Waals surface area (Å²) >= 11 is 3.72. The molecule has 0 N–H and O–H groups in total. The van der Waals surface area contributed by atoms with Gasteiger partial charge in [-0.3, -0.25) is 0 Å². The molecule has 0 aromatic heterocycles. The Labute approximate surface area is 342 Å².